The molecular formula is C11H14N2O2S. The SMILES string of the molecule is O=S(=O)(NC1CC2CC2C1)c1ccccn1. The van der Waals surface area contributed by atoms with Gasteiger partial charge in [-0.25, -0.2) is 18.1 Å². The van der Waals surface area contributed by atoms with E-state index in [0.29, 0.717) is 0 Å². The van der Waals surface area contributed by atoms with Crippen LogP contribution in [-0.2, 0) is 10.0 Å². The third-order valence-corrected chi connectivity index (χ3v) is 4.91. The third-order valence-electron chi connectivity index (χ3n) is 3.48. The highest BCUT2D eigenvalue weighted by Gasteiger charge is 2.46. The zero-order valence-corrected chi connectivity index (χ0v) is 9.65. The van der Waals surface area contributed by atoms with Gasteiger partial charge in [-0.05, 0) is 43.2 Å². The molecule has 0 aromatic carbocycles. The quantitative estimate of drug-likeness (QED) is 0.859. The van der Waals surface area contributed by atoms with E-state index in [2.05, 4.69) is 9.71 Å². The van der Waals surface area contributed by atoms with Gasteiger partial charge in [0.2, 0.25) is 0 Å². The molecule has 2 aliphatic carbocycles. The minimum absolute atomic E-state index is 0.121. The summed E-state index contributed by atoms with van der Waals surface area (Å²) in [5.41, 5.74) is 0. The normalized spacial score (nSPS) is 32.4. The Morgan fingerprint density at radius 1 is 1.19 bits per heavy atom. The summed E-state index contributed by atoms with van der Waals surface area (Å²) in [6.45, 7) is 0. The lowest BCUT2D eigenvalue weighted by molar-refractivity contribution is 0.524. The first kappa shape index (κ1) is 10.2. The van der Waals surface area contributed by atoms with Crippen molar-refractivity contribution in [1.29, 1.82) is 0 Å². The highest BCUT2D eigenvalue weighted by Crippen LogP contribution is 2.51. The van der Waals surface area contributed by atoms with Gasteiger partial charge in [-0.2, -0.15) is 0 Å². The van der Waals surface area contributed by atoms with Crippen LogP contribution < -0.4 is 4.72 Å². The van der Waals surface area contributed by atoms with E-state index in [-0.39, 0.29) is 11.1 Å². The molecule has 0 spiro atoms. The van der Waals surface area contributed by atoms with Crippen molar-refractivity contribution >= 4 is 10.0 Å². The number of sulfonamides is 1. The van der Waals surface area contributed by atoms with Gasteiger partial charge >= 0.3 is 0 Å². The Kier molecular flexibility index (Phi) is 2.26. The molecule has 0 aliphatic heterocycles. The molecule has 2 unspecified atom stereocenters. The van der Waals surface area contributed by atoms with Crippen LogP contribution in [0.3, 0.4) is 0 Å². The van der Waals surface area contributed by atoms with Crippen LogP contribution in [0.4, 0.5) is 0 Å². The van der Waals surface area contributed by atoms with Crippen LogP contribution in [0.25, 0.3) is 0 Å². The molecule has 5 heteroatoms. The molecule has 2 saturated carbocycles. The van der Waals surface area contributed by atoms with Crippen LogP contribution >= 0.6 is 0 Å². The molecule has 16 heavy (non-hydrogen) atoms. The molecule has 2 fully saturated rings. The first-order valence-corrected chi connectivity index (χ1v) is 7.07. The summed E-state index contributed by atoms with van der Waals surface area (Å²) in [5, 5.41) is 0.121. The first-order valence-electron chi connectivity index (χ1n) is 5.58. The third kappa shape index (κ3) is 1.85. The second-order valence-corrected chi connectivity index (χ2v) is 6.37. The lowest BCUT2D eigenvalue weighted by Gasteiger charge is -2.13. The highest BCUT2D eigenvalue weighted by molar-refractivity contribution is 7.89. The first-order chi connectivity index (χ1) is 7.65. The standard InChI is InChI=1S/C11H14N2O2S/c14-16(15,11-3-1-2-4-12-11)13-10-6-8-5-9(8)7-10/h1-4,8-10,13H,5-7H2. The van der Waals surface area contributed by atoms with Crippen molar-refractivity contribution in [2.75, 3.05) is 0 Å². The molecule has 1 heterocycles. The maximum absolute atomic E-state index is 11.9. The van der Waals surface area contributed by atoms with Crippen molar-refractivity contribution in [1.82, 2.24) is 9.71 Å². The van der Waals surface area contributed by atoms with E-state index >= 15 is 0 Å². The lowest BCUT2D eigenvalue weighted by atomic mass is 10.2. The van der Waals surface area contributed by atoms with E-state index in [0.717, 1.165) is 24.7 Å². The number of hydrogen-bond acceptors (Lipinski definition) is 3. The molecule has 0 bridgehead atoms. The van der Waals surface area contributed by atoms with Gasteiger partial charge in [0.15, 0.2) is 5.03 Å². The van der Waals surface area contributed by atoms with E-state index in [1.165, 1.54) is 18.7 Å². The number of nitrogens with zero attached hydrogens (tertiary/aromatic N) is 1. The van der Waals surface area contributed by atoms with E-state index < -0.39 is 10.0 Å². The fourth-order valence-electron chi connectivity index (χ4n) is 2.60. The van der Waals surface area contributed by atoms with Gasteiger partial charge < -0.3 is 0 Å². The fourth-order valence-corrected chi connectivity index (χ4v) is 3.81. The average molecular weight is 238 g/mol. The smallest absolute Gasteiger partial charge is 0.243 e. The number of nitrogens with one attached hydrogen (secondary N) is 1. The van der Waals surface area contributed by atoms with Crippen molar-refractivity contribution in [2.45, 2.75) is 30.3 Å². The van der Waals surface area contributed by atoms with E-state index in [1.807, 2.05) is 0 Å². The van der Waals surface area contributed by atoms with Gasteiger partial charge in [0, 0.05) is 12.2 Å². The Morgan fingerprint density at radius 2 is 1.94 bits per heavy atom. The Morgan fingerprint density at radius 3 is 2.56 bits per heavy atom. The Bertz CT molecular complexity index is 476. The summed E-state index contributed by atoms with van der Waals surface area (Å²) in [6.07, 6.45) is 4.79. The maximum atomic E-state index is 11.9. The predicted octanol–water partition coefficient (Wildman–Crippen LogP) is 1.16. The number of aromatic nitrogens is 1. The molecule has 1 aromatic rings. The molecule has 86 valence electrons. The highest BCUT2D eigenvalue weighted by atomic mass is 32.2. The topological polar surface area (TPSA) is 59.1 Å². The largest absolute Gasteiger partial charge is 0.258 e. The molecule has 1 N–H and O–H groups in total. The van der Waals surface area contributed by atoms with Crippen molar-refractivity contribution in [3.8, 4) is 0 Å². The predicted molar refractivity (Wildman–Crippen MR) is 59.2 cm³/mol. The molecule has 0 amide bonds. The van der Waals surface area contributed by atoms with Gasteiger partial charge in [-0.3, -0.25) is 0 Å². The van der Waals surface area contributed by atoms with Gasteiger partial charge in [-0.15, -0.1) is 0 Å². The Hall–Kier alpha value is -0.940. The molecule has 2 atom stereocenters. The summed E-state index contributed by atoms with van der Waals surface area (Å²) in [7, 11) is -3.41. The van der Waals surface area contributed by atoms with E-state index in [1.54, 1.807) is 12.1 Å². The molecule has 4 nitrogen and oxygen atoms in total. The van der Waals surface area contributed by atoms with E-state index in [9.17, 15) is 8.42 Å². The molecule has 0 radical (unpaired) electrons. The number of rotatable bonds is 3. The minimum atomic E-state index is -3.41. The monoisotopic (exact) mass is 238 g/mol. The summed E-state index contributed by atoms with van der Waals surface area (Å²) >= 11 is 0. The van der Waals surface area contributed by atoms with Crippen LogP contribution in [-0.4, -0.2) is 19.4 Å². The van der Waals surface area contributed by atoms with Crippen LogP contribution in [0.5, 0.6) is 0 Å². The van der Waals surface area contributed by atoms with Crippen LogP contribution in [0.1, 0.15) is 19.3 Å². The fraction of sp³-hybridized carbons (Fsp3) is 0.545. The number of hydrogen-bond donors (Lipinski definition) is 1. The Labute approximate surface area is 95.1 Å². The lowest BCUT2D eigenvalue weighted by Crippen LogP contribution is -2.34. The Balaban J connectivity index is 1.74. The second-order valence-electron chi connectivity index (χ2n) is 4.71. The molecule has 0 saturated heterocycles. The zero-order chi connectivity index (χ0) is 11.2. The molecular weight excluding hydrogens is 224 g/mol. The zero-order valence-electron chi connectivity index (χ0n) is 8.83. The molecule has 2 aliphatic rings. The minimum Gasteiger partial charge on any atom is -0.243 e. The van der Waals surface area contributed by atoms with E-state index in [4.69, 9.17) is 0 Å². The van der Waals surface area contributed by atoms with Crippen molar-refractivity contribution in [2.24, 2.45) is 11.8 Å². The van der Waals surface area contributed by atoms with Crippen LogP contribution in [0, 0.1) is 11.8 Å². The second kappa shape index (κ2) is 3.53. The average Bonchev–Trinajstić information content (AvgIpc) is 2.87. The van der Waals surface area contributed by atoms with Crippen molar-refractivity contribution in [3.63, 3.8) is 0 Å². The summed E-state index contributed by atoms with van der Waals surface area (Å²) in [4.78, 5) is 3.87. The summed E-state index contributed by atoms with van der Waals surface area (Å²) in [6, 6.07) is 5.05. The van der Waals surface area contributed by atoms with Gasteiger partial charge in [0.05, 0.1) is 0 Å². The molecule has 1 aromatic heterocycles. The number of fused-ring (bicyclic) bond motifs is 1. The van der Waals surface area contributed by atoms with Gasteiger partial charge in [-0.1, -0.05) is 6.07 Å². The van der Waals surface area contributed by atoms with Crippen molar-refractivity contribution in [3.05, 3.63) is 24.4 Å². The van der Waals surface area contributed by atoms with Crippen LogP contribution in [0.15, 0.2) is 29.4 Å². The van der Waals surface area contributed by atoms with Gasteiger partial charge in [0.1, 0.15) is 0 Å². The van der Waals surface area contributed by atoms with Gasteiger partial charge in [0.25, 0.3) is 10.0 Å². The maximum Gasteiger partial charge on any atom is 0.258 e. The molecule has 3 rings (SSSR count). The number of pyridine rings is 1. The van der Waals surface area contributed by atoms with Crippen LogP contribution in [0.2, 0.25) is 0 Å². The summed E-state index contributed by atoms with van der Waals surface area (Å²) < 4.78 is 26.6. The summed E-state index contributed by atoms with van der Waals surface area (Å²) in [5.74, 6) is 1.55. The van der Waals surface area contributed by atoms with Crippen molar-refractivity contribution < 1.29 is 8.42 Å².